The molecule has 2 aromatic carbocycles. The van der Waals surface area contributed by atoms with Crippen LogP contribution in [0.25, 0.3) is 0 Å². The molecule has 21 heavy (non-hydrogen) atoms. The predicted octanol–water partition coefficient (Wildman–Crippen LogP) is 2.63. The van der Waals surface area contributed by atoms with Gasteiger partial charge in [0, 0.05) is 18.2 Å². The third kappa shape index (κ3) is 3.29. The minimum Gasteiger partial charge on any atom is -0.496 e. The van der Waals surface area contributed by atoms with Gasteiger partial charge in [-0.15, -0.1) is 0 Å². The molecule has 0 spiro atoms. The van der Waals surface area contributed by atoms with Crippen LogP contribution in [0, 0.1) is 0 Å². The molecule has 0 heterocycles. The smallest absolute Gasteiger partial charge is 0.194 e. The number of ether oxygens (including phenoxy) is 2. The number of aliphatic hydroxyl groups excluding tert-OH is 1. The van der Waals surface area contributed by atoms with E-state index < -0.39 is 12.2 Å². The highest BCUT2D eigenvalue weighted by Crippen LogP contribution is 2.29. The van der Waals surface area contributed by atoms with Crippen molar-refractivity contribution >= 4 is 5.78 Å². The summed E-state index contributed by atoms with van der Waals surface area (Å²) < 4.78 is 10.4. The van der Waals surface area contributed by atoms with Gasteiger partial charge in [0.25, 0.3) is 0 Å². The van der Waals surface area contributed by atoms with E-state index in [0.29, 0.717) is 16.9 Å². The maximum Gasteiger partial charge on any atom is 0.194 e. The number of hydrogen-bond acceptors (Lipinski definition) is 4. The lowest BCUT2D eigenvalue weighted by atomic mass is 9.96. The molecule has 0 aliphatic rings. The lowest BCUT2D eigenvalue weighted by Crippen LogP contribution is -2.30. The first-order valence-corrected chi connectivity index (χ1v) is 6.62. The van der Waals surface area contributed by atoms with Crippen LogP contribution in [0.15, 0.2) is 54.6 Å². The van der Waals surface area contributed by atoms with Gasteiger partial charge in [-0.2, -0.15) is 0 Å². The molecule has 0 fully saturated rings. The first-order valence-electron chi connectivity index (χ1n) is 6.62. The molecule has 2 unspecified atom stereocenters. The highest BCUT2D eigenvalue weighted by molar-refractivity contribution is 6.00. The number of carbonyl (C=O) groups is 1. The van der Waals surface area contributed by atoms with E-state index in [4.69, 9.17) is 9.47 Å². The molecule has 1 N–H and O–H groups in total. The van der Waals surface area contributed by atoms with E-state index in [1.54, 1.807) is 48.5 Å². The molecule has 2 atom stereocenters. The van der Waals surface area contributed by atoms with Crippen LogP contribution >= 0.6 is 0 Å². The van der Waals surface area contributed by atoms with Crippen molar-refractivity contribution in [2.24, 2.45) is 0 Å². The van der Waals surface area contributed by atoms with E-state index in [1.165, 1.54) is 14.2 Å². The summed E-state index contributed by atoms with van der Waals surface area (Å²) >= 11 is 0. The van der Waals surface area contributed by atoms with Gasteiger partial charge < -0.3 is 14.6 Å². The summed E-state index contributed by atoms with van der Waals surface area (Å²) in [5.74, 6) is 0.254. The second-order valence-corrected chi connectivity index (χ2v) is 4.57. The second-order valence-electron chi connectivity index (χ2n) is 4.57. The maximum absolute atomic E-state index is 12.5. The van der Waals surface area contributed by atoms with Crippen LogP contribution in [0.2, 0.25) is 0 Å². The van der Waals surface area contributed by atoms with E-state index in [0.717, 1.165) is 0 Å². The molecule has 4 nitrogen and oxygen atoms in total. The first kappa shape index (κ1) is 15.2. The summed E-state index contributed by atoms with van der Waals surface area (Å²) in [5, 5.41) is 10.5. The topological polar surface area (TPSA) is 55.8 Å². The quantitative estimate of drug-likeness (QED) is 0.829. The minimum atomic E-state index is -1.10. The number of aliphatic hydroxyl groups is 1. The normalized spacial score (nSPS) is 13.5. The molecule has 2 aromatic rings. The van der Waals surface area contributed by atoms with E-state index in [-0.39, 0.29) is 5.78 Å². The third-order valence-electron chi connectivity index (χ3n) is 3.31. The third-order valence-corrected chi connectivity index (χ3v) is 3.31. The van der Waals surface area contributed by atoms with E-state index in [2.05, 4.69) is 0 Å². The summed E-state index contributed by atoms with van der Waals surface area (Å²) in [6.07, 6.45) is -2.08. The van der Waals surface area contributed by atoms with Crippen LogP contribution in [0.5, 0.6) is 5.75 Å². The zero-order chi connectivity index (χ0) is 15.2. The number of carbonyl (C=O) groups excluding carboxylic acids is 1. The Kier molecular flexibility index (Phi) is 5.09. The van der Waals surface area contributed by atoms with Crippen LogP contribution < -0.4 is 4.74 Å². The average Bonchev–Trinajstić information content (AvgIpc) is 2.56. The summed E-state index contributed by atoms with van der Waals surface area (Å²) in [6.45, 7) is 0. The summed E-state index contributed by atoms with van der Waals surface area (Å²) in [7, 11) is 2.93. The molecular weight excluding hydrogens is 268 g/mol. The van der Waals surface area contributed by atoms with Gasteiger partial charge in [-0.3, -0.25) is 4.79 Å². The standard InChI is InChI=1S/C17H18O4/c1-20-14-11-7-6-10-13(14)16(19)17(21-2)15(18)12-8-4-3-5-9-12/h3-11,16-17,19H,1-2H3. The SMILES string of the molecule is COc1ccccc1C(O)C(OC)C(=O)c1ccccc1. The Labute approximate surface area is 123 Å². The van der Waals surface area contributed by atoms with Gasteiger partial charge in [0.1, 0.15) is 11.9 Å². The fourth-order valence-corrected chi connectivity index (χ4v) is 2.22. The fraction of sp³-hybridized carbons (Fsp3) is 0.235. The lowest BCUT2D eigenvalue weighted by Gasteiger charge is -2.22. The molecule has 0 saturated carbocycles. The van der Waals surface area contributed by atoms with Crippen LogP contribution in [-0.2, 0) is 4.74 Å². The zero-order valence-corrected chi connectivity index (χ0v) is 12.0. The van der Waals surface area contributed by atoms with Crippen LogP contribution in [0.1, 0.15) is 22.0 Å². The highest BCUT2D eigenvalue weighted by atomic mass is 16.5. The van der Waals surface area contributed by atoms with Gasteiger partial charge in [-0.1, -0.05) is 48.5 Å². The molecule has 0 amide bonds. The predicted molar refractivity (Wildman–Crippen MR) is 79.5 cm³/mol. The Morgan fingerprint density at radius 2 is 1.62 bits per heavy atom. The largest absolute Gasteiger partial charge is 0.496 e. The van der Waals surface area contributed by atoms with Crippen LogP contribution in [0.4, 0.5) is 0 Å². The average molecular weight is 286 g/mol. The Bertz CT molecular complexity index is 595. The summed E-state index contributed by atoms with van der Waals surface area (Å²) in [5.41, 5.74) is 1.02. The molecule has 4 heteroatoms. The van der Waals surface area contributed by atoms with Crippen LogP contribution in [0.3, 0.4) is 0 Å². The fourth-order valence-electron chi connectivity index (χ4n) is 2.22. The maximum atomic E-state index is 12.5. The summed E-state index contributed by atoms with van der Waals surface area (Å²) in [4.78, 5) is 12.5. The van der Waals surface area contributed by atoms with Crippen molar-refractivity contribution in [2.75, 3.05) is 14.2 Å². The van der Waals surface area contributed by atoms with E-state index in [9.17, 15) is 9.90 Å². The monoisotopic (exact) mass is 286 g/mol. The molecule has 0 bridgehead atoms. The second kappa shape index (κ2) is 7.02. The van der Waals surface area contributed by atoms with Crippen LogP contribution in [-0.4, -0.2) is 31.2 Å². The summed E-state index contributed by atoms with van der Waals surface area (Å²) in [6, 6.07) is 15.8. The molecule has 0 saturated heterocycles. The van der Waals surface area contributed by atoms with Gasteiger partial charge in [0.05, 0.1) is 7.11 Å². The number of hydrogen-bond donors (Lipinski definition) is 1. The Balaban J connectivity index is 2.30. The highest BCUT2D eigenvalue weighted by Gasteiger charge is 2.30. The minimum absolute atomic E-state index is 0.267. The van der Waals surface area contributed by atoms with Gasteiger partial charge in [0.15, 0.2) is 11.9 Å². The molecule has 0 radical (unpaired) electrons. The number of rotatable bonds is 6. The molecule has 0 aromatic heterocycles. The van der Waals surface area contributed by atoms with E-state index >= 15 is 0 Å². The zero-order valence-electron chi connectivity index (χ0n) is 12.0. The molecule has 0 aliphatic heterocycles. The Hall–Kier alpha value is -2.17. The molecule has 2 rings (SSSR count). The van der Waals surface area contributed by atoms with Gasteiger partial charge >= 0.3 is 0 Å². The number of methoxy groups -OCH3 is 2. The van der Waals surface area contributed by atoms with Crippen molar-refractivity contribution < 1.29 is 19.4 Å². The van der Waals surface area contributed by atoms with Crippen molar-refractivity contribution in [2.45, 2.75) is 12.2 Å². The molecule has 0 aliphatic carbocycles. The number of Topliss-reactive ketones (excluding diaryl/α,β-unsaturated/α-hetero) is 1. The van der Waals surface area contributed by atoms with Gasteiger partial charge in [-0.05, 0) is 6.07 Å². The molecular formula is C17H18O4. The van der Waals surface area contributed by atoms with Gasteiger partial charge in [-0.25, -0.2) is 0 Å². The molecule has 110 valence electrons. The van der Waals surface area contributed by atoms with E-state index in [1.807, 2.05) is 6.07 Å². The Morgan fingerprint density at radius 1 is 1.00 bits per heavy atom. The Morgan fingerprint density at radius 3 is 2.24 bits per heavy atom. The number of para-hydroxylation sites is 1. The van der Waals surface area contributed by atoms with Crippen molar-refractivity contribution in [3.8, 4) is 5.75 Å². The van der Waals surface area contributed by atoms with Gasteiger partial charge in [0.2, 0.25) is 0 Å². The van der Waals surface area contributed by atoms with Crippen molar-refractivity contribution in [3.05, 3.63) is 65.7 Å². The van der Waals surface area contributed by atoms with Crippen molar-refractivity contribution in [1.29, 1.82) is 0 Å². The van der Waals surface area contributed by atoms with Crippen molar-refractivity contribution in [3.63, 3.8) is 0 Å². The van der Waals surface area contributed by atoms with Crippen molar-refractivity contribution in [1.82, 2.24) is 0 Å². The lowest BCUT2D eigenvalue weighted by molar-refractivity contribution is -0.00341. The number of benzene rings is 2. The first-order chi connectivity index (χ1) is 10.2. The number of ketones is 1.